The number of rotatable bonds is 3. The standard InChI is InChI=1S/C13H23NO2S2/c1-7(2)10-13(5,6)16-12(18)14(10)11(15)8(3)9(4)17/h7-10,17H,1-6H3/t8-,9-,10+/m1/s1. The van der Waals surface area contributed by atoms with Crippen LogP contribution in [0.1, 0.15) is 41.5 Å². The van der Waals surface area contributed by atoms with Gasteiger partial charge in [0.25, 0.3) is 5.17 Å². The molecule has 18 heavy (non-hydrogen) atoms. The Kier molecular flexibility index (Phi) is 4.70. The summed E-state index contributed by atoms with van der Waals surface area (Å²) in [4.78, 5) is 14.2. The van der Waals surface area contributed by atoms with Crippen molar-refractivity contribution < 1.29 is 9.53 Å². The van der Waals surface area contributed by atoms with Crippen LogP contribution >= 0.6 is 24.8 Å². The van der Waals surface area contributed by atoms with Gasteiger partial charge in [0.05, 0.1) is 6.04 Å². The number of amides is 1. The zero-order chi connectivity index (χ0) is 14.2. The van der Waals surface area contributed by atoms with Gasteiger partial charge in [0, 0.05) is 11.2 Å². The van der Waals surface area contributed by atoms with Crippen LogP contribution in [0.4, 0.5) is 0 Å². The molecule has 0 aromatic carbocycles. The number of thiocarbonyl (C=S) groups is 1. The maximum Gasteiger partial charge on any atom is 0.267 e. The Morgan fingerprint density at radius 2 is 1.89 bits per heavy atom. The van der Waals surface area contributed by atoms with Crippen molar-refractivity contribution in [1.29, 1.82) is 0 Å². The Labute approximate surface area is 121 Å². The Bertz CT molecular complexity index is 353. The van der Waals surface area contributed by atoms with Crippen LogP contribution in [0.2, 0.25) is 0 Å². The third-order valence-electron chi connectivity index (χ3n) is 3.52. The van der Waals surface area contributed by atoms with E-state index in [1.165, 1.54) is 0 Å². The maximum absolute atomic E-state index is 12.5. The highest BCUT2D eigenvalue weighted by Gasteiger charge is 2.50. The molecule has 0 saturated carbocycles. The van der Waals surface area contributed by atoms with Gasteiger partial charge in [-0.3, -0.25) is 9.69 Å². The first-order chi connectivity index (χ1) is 8.09. The molecule has 1 heterocycles. The summed E-state index contributed by atoms with van der Waals surface area (Å²) >= 11 is 9.57. The first-order valence-electron chi connectivity index (χ1n) is 6.33. The largest absolute Gasteiger partial charge is 0.462 e. The Morgan fingerprint density at radius 1 is 1.39 bits per heavy atom. The fourth-order valence-electron chi connectivity index (χ4n) is 2.51. The van der Waals surface area contributed by atoms with E-state index < -0.39 is 5.60 Å². The molecule has 1 amide bonds. The number of nitrogens with zero attached hydrogens (tertiary/aromatic N) is 1. The van der Waals surface area contributed by atoms with Crippen LogP contribution in [0.5, 0.6) is 0 Å². The van der Waals surface area contributed by atoms with Gasteiger partial charge in [-0.25, -0.2) is 0 Å². The minimum Gasteiger partial charge on any atom is -0.462 e. The summed E-state index contributed by atoms with van der Waals surface area (Å²) in [6.07, 6.45) is 0. The number of ether oxygens (including phenoxy) is 1. The molecular weight excluding hydrogens is 266 g/mol. The fourth-order valence-corrected chi connectivity index (χ4v) is 3.06. The van der Waals surface area contributed by atoms with E-state index >= 15 is 0 Å². The van der Waals surface area contributed by atoms with Crippen LogP contribution in [0.3, 0.4) is 0 Å². The van der Waals surface area contributed by atoms with Gasteiger partial charge in [0.2, 0.25) is 5.91 Å². The smallest absolute Gasteiger partial charge is 0.267 e. The Morgan fingerprint density at radius 3 is 2.28 bits per heavy atom. The lowest BCUT2D eigenvalue weighted by molar-refractivity contribution is -0.133. The summed E-state index contributed by atoms with van der Waals surface area (Å²) in [5, 5.41) is 0.293. The molecular formula is C13H23NO2S2. The molecule has 3 atom stereocenters. The minimum absolute atomic E-state index is 0.00294. The molecule has 0 aliphatic carbocycles. The van der Waals surface area contributed by atoms with Crippen molar-refractivity contribution in [1.82, 2.24) is 4.90 Å². The van der Waals surface area contributed by atoms with Crippen molar-refractivity contribution in [3.05, 3.63) is 0 Å². The number of thiol groups is 1. The minimum atomic E-state index is -0.430. The molecule has 0 N–H and O–H groups in total. The van der Waals surface area contributed by atoms with Gasteiger partial charge in [-0.2, -0.15) is 12.6 Å². The van der Waals surface area contributed by atoms with Gasteiger partial charge >= 0.3 is 0 Å². The molecule has 1 rings (SSSR count). The van der Waals surface area contributed by atoms with Gasteiger partial charge in [-0.1, -0.05) is 27.7 Å². The van der Waals surface area contributed by atoms with Crippen LogP contribution in [-0.4, -0.2) is 32.9 Å². The van der Waals surface area contributed by atoms with Gasteiger partial charge in [-0.15, -0.1) is 0 Å². The van der Waals surface area contributed by atoms with Crippen molar-refractivity contribution in [3.8, 4) is 0 Å². The number of hydrogen-bond acceptors (Lipinski definition) is 4. The first kappa shape index (κ1) is 15.8. The lowest BCUT2D eigenvalue weighted by atomic mass is 9.88. The summed E-state index contributed by atoms with van der Waals surface area (Å²) in [5.41, 5.74) is -0.430. The maximum atomic E-state index is 12.5. The SMILES string of the molecule is CC(C)[C@@H]1N(C(=O)[C@H](C)[C@@H](C)S)C(=S)OC1(C)C. The third-order valence-corrected chi connectivity index (χ3v) is 4.25. The quantitative estimate of drug-likeness (QED) is 0.640. The van der Waals surface area contributed by atoms with Gasteiger partial charge in [0.1, 0.15) is 5.60 Å². The predicted molar refractivity (Wildman–Crippen MR) is 80.8 cm³/mol. The van der Waals surface area contributed by atoms with E-state index in [1.807, 2.05) is 27.7 Å². The van der Waals surface area contributed by atoms with Crippen LogP contribution in [0.25, 0.3) is 0 Å². The van der Waals surface area contributed by atoms with Crippen molar-refractivity contribution in [3.63, 3.8) is 0 Å². The highest BCUT2D eigenvalue weighted by Crippen LogP contribution is 2.35. The fraction of sp³-hybridized carbons (Fsp3) is 0.846. The van der Waals surface area contributed by atoms with Crippen molar-refractivity contribution >= 4 is 35.9 Å². The first-order valence-corrected chi connectivity index (χ1v) is 7.26. The Balaban J connectivity index is 3.06. The predicted octanol–water partition coefficient (Wildman–Crippen LogP) is 2.89. The molecule has 0 aromatic rings. The molecule has 0 spiro atoms. The average molecular weight is 289 g/mol. The third kappa shape index (κ3) is 2.82. The zero-order valence-electron chi connectivity index (χ0n) is 11.9. The van der Waals surface area contributed by atoms with Crippen molar-refractivity contribution in [2.45, 2.75) is 58.4 Å². The summed E-state index contributed by atoms with van der Waals surface area (Å²) in [7, 11) is 0. The van der Waals surface area contributed by atoms with Gasteiger partial charge in [-0.05, 0) is 32.0 Å². The van der Waals surface area contributed by atoms with E-state index in [-0.39, 0.29) is 29.0 Å². The van der Waals surface area contributed by atoms with Crippen LogP contribution in [-0.2, 0) is 9.53 Å². The van der Waals surface area contributed by atoms with E-state index in [0.29, 0.717) is 5.17 Å². The molecule has 0 aromatic heterocycles. The molecule has 1 fully saturated rings. The topological polar surface area (TPSA) is 29.5 Å². The van der Waals surface area contributed by atoms with E-state index in [1.54, 1.807) is 4.90 Å². The monoisotopic (exact) mass is 289 g/mol. The number of carbonyl (C=O) groups is 1. The van der Waals surface area contributed by atoms with E-state index in [9.17, 15) is 4.79 Å². The van der Waals surface area contributed by atoms with E-state index in [2.05, 4.69) is 26.5 Å². The molecule has 1 aliphatic heterocycles. The molecule has 5 heteroatoms. The van der Waals surface area contributed by atoms with Gasteiger partial charge in [0.15, 0.2) is 0 Å². The van der Waals surface area contributed by atoms with Crippen LogP contribution in [0.15, 0.2) is 0 Å². The Hall–Kier alpha value is -0.290. The van der Waals surface area contributed by atoms with Crippen molar-refractivity contribution in [2.24, 2.45) is 11.8 Å². The molecule has 0 bridgehead atoms. The van der Waals surface area contributed by atoms with Crippen molar-refractivity contribution in [2.75, 3.05) is 0 Å². The number of hydrogen-bond donors (Lipinski definition) is 1. The molecule has 0 radical (unpaired) electrons. The summed E-state index contributed by atoms with van der Waals surface area (Å²) in [6.45, 7) is 11.9. The summed E-state index contributed by atoms with van der Waals surface area (Å²) < 4.78 is 5.70. The molecule has 3 nitrogen and oxygen atoms in total. The molecule has 0 unspecified atom stereocenters. The van der Waals surface area contributed by atoms with E-state index in [4.69, 9.17) is 17.0 Å². The zero-order valence-corrected chi connectivity index (χ0v) is 13.6. The second kappa shape index (κ2) is 5.37. The lowest BCUT2D eigenvalue weighted by Crippen LogP contribution is -2.50. The van der Waals surface area contributed by atoms with Crippen LogP contribution in [0, 0.1) is 11.8 Å². The lowest BCUT2D eigenvalue weighted by Gasteiger charge is -2.33. The highest BCUT2D eigenvalue weighted by atomic mass is 32.1. The molecule has 104 valence electrons. The molecule has 1 saturated heterocycles. The normalized spacial score (nSPS) is 26.1. The average Bonchev–Trinajstić information content (AvgIpc) is 2.45. The van der Waals surface area contributed by atoms with Gasteiger partial charge < -0.3 is 4.74 Å². The second-order valence-electron chi connectivity index (χ2n) is 5.90. The summed E-state index contributed by atoms with van der Waals surface area (Å²) in [6, 6.07) is -0.0213. The molecule has 1 aliphatic rings. The van der Waals surface area contributed by atoms with E-state index in [0.717, 1.165) is 0 Å². The highest BCUT2D eigenvalue weighted by molar-refractivity contribution is 7.81. The second-order valence-corrected chi connectivity index (χ2v) is 7.06. The van der Waals surface area contributed by atoms with Crippen LogP contribution < -0.4 is 0 Å². The number of carbonyl (C=O) groups excluding carboxylic acids is 1. The summed E-state index contributed by atoms with van der Waals surface area (Å²) in [5.74, 6) is 0.114.